The third kappa shape index (κ3) is 4.58. The number of amides is 1. The number of furan rings is 1. The number of aryl methyl sites for hydroxylation is 1. The largest absolute Gasteiger partial charge is 0.461 e. The zero-order valence-electron chi connectivity index (χ0n) is 15.7. The van der Waals surface area contributed by atoms with Crippen LogP contribution in [0.3, 0.4) is 0 Å². The van der Waals surface area contributed by atoms with Gasteiger partial charge in [-0.3, -0.25) is 4.79 Å². The lowest BCUT2D eigenvalue weighted by molar-refractivity contribution is -0.121. The van der Waals surface area contributed by atoms with Crippen LogP contribution < -0.4 is 5.32 Å². The van der Waals surface area contributed by atoms with Crippen LogP contribution in [-0.2, 0) is 11.2 Å². The average Bonchev–Trinajstić information content (AvgIpc) is 3.38. The van der Waals surface area contributed by atoms with Crippen molar-refractivity contribution in [1.82, 2.24) is 20.4 Å². The first-order valence-corrected chi connectivity index (χ1v) is 10.2. The molecule has 7 heteroatoms. The quantitative estimate of drug-likeness (QED) is 0.804. The smallest absolute Gasteiger partial charge is 0.238 e. The second kappa shape index (κ2) is 8.69. The first-order chi connectivity index (χ1) is 13.3. The van der Waals surface area contributed by atoms with E-state index in [9.17, 15) is 4.79 Å². The van der Waals surface area contributed by atoms with E-state index >= 15 is 0 Å². The fourth-order valence-corrected chi connectivity index (χ4v) is 4.41. The second-order valence-corrected chi connectivity index (χ2v) is 7.65. The summed E-state index contributed by atoms with van der Waals surface area (Å²) in [5, 5.41) is 7.06. The summed E-state index contributed by atoms with van der Waals surface area (Å²) in [4.78, 5) is 19.2. The monoisotopic (exact) mass is 372 g/mol. The zero-order valence-corrected chi connectivity index (χ0v) is 15.7. The highest BCUT2D eigenvalue weighted by Crippen LogP contribution is 2.30. The third-order valence-corrected chi connectivity index (χ3v) is 5.79. The van der Waals surface area contributed by atoms with E-state index in [2.05, 4.69) is 20.4 Å². The van der Waals surface area contributed by atoms with Gasteiger partial charge in [0.05, 0.1) is 6.26 Å². The molecule has 2 fully saturated rings. The van der Waals surface area contributed by atoms with Crippen molar-refractivity contribution < 1.29 is 13.7 Å². The first-order valence-electron chi connectivity index (χ1n) is 10.2. The lowest BCUT2D eigenvalue weighted by Crippen LogP contribution is -2.50. The van der Waals surface area contributed by atoms with Crippen LogP contribution in [0.5, 0.6) is 0 Å². The number of hydrogen-bond acceptors (Lipinski definition) is 6. The number of aromatic nitrogens is 2. The fraction of sp³-hybridized carbons (Fsp3) is 0.650. The van der Waals surface area contributed by atoms with E-state index in [0.29, 0.717) is 48.7 Å². The predicted molar refractivity (Wildman–Crippen MR) is 99.9 cm³/mol. The van der Waals surface area contributed by atoms with E-state index in [-0.39, 0.29) is 5.91 Å². The standard InChI is InChI=1S/C20H28N4O3/c25-18(21-14-15-6-4-12-24-11-2-1-7-16(15)24)9-3-10-19-22-20(23-27-19)17-8-5-13-26-17/h5,8,13,15-16H,1-4,6-7,9-12,14H2,(H,21,25). The van der Waals surface area contributed by atoms with Crippen molar-refractivity contribution in [3.63, 3.8) is 0 Å². The van der Waals surface area contributed by atoms with Crippen LogP contribution in [0, 0.1) is 5.92 Å². The number of hydrogen-bond donors (Lipinski definition) is 1. The van der Waals surface area contributed by atoms with Crippen LogP contribution in [0.15, 0.2) is 27.3 Å². The number of piperidine rings is 2. The molecule has 2 atom stereocenters. The van der Waals surface area contributed by atoms with Gasteiger partial charge in [0.1, 0.15) is 0 Å². The van der Waals surface area contributed by atoms with Crippen LogP contribution in [0.4, 0.5) is 0 Å². The molecule has 1 amide bonds. The van der Waals surface area contributed by atoms with Crippen LogP contribution in [0.1, 0.15) is 50.8 Å². The fourth-order valence-electron chi connectivity index (χ4n) is 4.41. The molecular formula is C20H28N4O3. The van der Waals surface area contributed by atoms with Gasteiger partial charge in [-0.15, -0.1) is 0 Å². The summed E-state index contributed by atoms with van der Waals surface area (Å²) in [5.74, 6) is 2.31. The molecular weight excluding hydrogens is 344 g/mol. The molecule has 2 unspecified atom stereocenters. The normalized spacial score (nSPS) is 23.1. The van der Waals surface area contributed by atoms with E-state index in [1.807, 2.05) is 0 Å². The van der Waals surface area contributed by atoms with Crippen LogP contribution >= 0.6 is 0 Å². The molecule has 1 N–H and O–H groups in total. The van der Waals surface area contributed by atoms with E-state index in [1.165, 1.54) is 45.2 Å². The Kier molecular flexibility index (Phi) is 5.87. The molecule has 4 heterocycles. The summed E-state index contributed by atoms with van der Waals surface area (Å²) >= 11 is 0. The number of carbonyl (C=O) groups is 1. The minimum absolute atomic E-state index is 0.119. The Hall–Kier alpha value is -2.15. The van der Waals surface area contributed by atoms with Gasteiger partial charge in [0.15, 0.2) is 5.76 Å². The van der Waals surface area contributed by atoms with Crippen molar-refractivity contribution in [2.45, 2.75) is 57.4 Å². The van der Waals surface area contributed by atoms with Crippen molar-refractivity contribution in [1.29, 1.82) is 0 Å². The molecule has 27 heavy (non-hydrogen) atoms. The van der Waals surface area contributed by atoms with Crippen molar-refractivity contribution in [2.75, 3.05) is 19.6 Å². The van der Waals surface area contributed by atoms with Crippen molar-refractivity contribution >= 4 is 5.91 Å². The number of carbonyl (C=O) groups excluding carboxylic acids is 1. The van der Waals surface area contributed by atoms with Gasteiger partial charge in [0.2, 0.25) is 17.6 Å². The molecule has 2 aromatic rings. The molecule has 0 radical (unpaired) electrons. The summed E-state index contributed by atoms with van der Waals surface area (Å²) < 4.78 is 10.5. The Morgan fingerprint density at radius 3 is 3.07 bits per heavy atom. The number of nitrogens with one attached hydrogen (secondary N) is 1. The molecule has 0 bridgehead atoms. The molecule has 2 aromatic heterocycles. The third-order valence-electron chi connectivity index (χ3n) is 5.79. The molecule has 0 spiro atoms. The highest BCUT2D eigenvalue weighted by Gasteiger charge is 2.32. The van der Waals surface area contributed by atoms with E-state index in [1.54, 1.807) is 18.4 Å². The van der Waals surface area contributed by atoms with Gasteiger partial charge in [-0.1, -0.05) is 11.6 Å². The molecule has 7 nitrogen and oxygen atoms in total. The Balaban J connectivity index is 1.18. The van der Waals surface area contributed by atoms with Gasteiger partial charge in [-0.25, -0.2) is 0 Å². The minimum Gasteiger partial charge on any atom is -0.461 e. The topological polar surface area (TPSA) is 84.4 Å². The molecule has 0 saturated carbocycles. The predicted octanol–water partition coefficient (Wildman–Crippen LogP) is 3.03. The number of fused-ring (bicyclic) bond motifs is 1. The highest BCUT2D eigenvalue weighted by molar-refractivity contribution is 5.75. The Labute approximate surface area is 159 Å². The Bertz CT molecular complexity index is 725. The van der Waals surface area contributed by atoms with Crippen molar-refractivity contribution in [3.8, 4) is 11.6 Å². The van der Waals surface area contributed by atoms with Crippen LogP contribution in [-0.4, -0.2) is 46.6 Å². The van der Waals surface area contributed by atoms with Crippen molar-refractivity contribution in [2.24, 2.45) is 5.92 Å². The van der Waals surface area contributed by atoms with E-state index < -0.39 is 0 Å². The van der Waals surface area contributed by atoms with Gasteiger partial charge in [0, 0.05) is 25.4 Å². The summed E-state index contributed by atoms with van der Waals surface area (Å²) in [6.07, 6.45) is 9.80. The zero-order chi connectivity index (χ0) is 18.5. The SMILES string of the molecule is O=C(CCCc1nc(-c2ccco2)no1)NCC1CCCN2CCCCC12. The number of nitrogens with zero attached hydrogens (tertiary/aromatic N) is 3. The maximum absolute atomic E-state index is 12.2. The minimum atomic E-state index is 0.119. The molecule has 4 rings (SSSR count). The summed E-state index contributed by atoms with van der Waals surface area (Å²) in [6.45, 7) is 3.28. The molecule has 2 aliphatic rings. The van der Waals surface area contributed by atoms with Gasteiger partial charge >= 0.3 is 0 Å². The van der Waals surface area contributed by atoms with Gasteiger partial charge in [-0.2, -0.15) is 4.98 Å². The molecule has 0 aliphatic carbocycles. The Morgan fingerprint density at radius 1 is 1.26 bits per heavy atom. The lowest BCUT2D eigenvalue weighted by atomic mass is 9.83. The van der Waals surface area contributed by atoms with Gasteiger partial charge < -0.3 is 19.2 Å². The molecule has 0 aromatic carbocycles. The summed E-state index contributed by atoms with van der Waals surface area (Å²) in [6, 6.07) is 4.25. The maximum Gasteiger partial charge on any atom is 0.238 e. The van der Waals surface area contributed by atoms with Crippen LogP contribution in [0.25, 0.3) is 11.6 Å². The lowest BCUT2D eigenvalue weighted by Gasteiger charge is -2.44. The van der Waals surface area contributed by atoms with Gasteiger partial charge in [0.25, 0.3) is 0 Å². The molecule has 2 aliphatic heterocycles. The molecule has 2 saturated heterocycles. The number of rotatable bonds is 7. The highest BCUT2D eigenvalue weighted by atomic mass is 16.5. The van der Waals surface area contributed by atoms with E-state index in [4.69, 9.17) is 8.94 Å². The summed E-state index contributed by atoms with van der Waals surface area (Å²) in [7, 11) is 0. The average molecular weight is 372 g/mol. The summed E-state index contributed by atoms with van der Waals surface area (Å²) in [5.41, 5.74) is 0. The van der Waals surface area contributed by atoms with Crippen LogP contribution in [0.2, 0.25) is 0 Å². The first kappa shape index (κ1) is 18.2. The maximum atomic E-state index is 12.2. The van der Waals surface area contributed by atoms with Gasteiger partial charge in [-0.05, 0) is 63.2 Å². The van der Waals surface area contributed by atoms with E-state index in [0.717, 1.165) is 6.54 Å². The van der Waals surface area contributed by atoms with Crippen molar-refractivity contribution in [3.05, 3.63) is 24.3 Å². The Morgan fingerprint density at radius 2 is 2.19 bits per heavy atom. The second-order valence-electron chi connectivity index (χ2n) is 7.65. The molecule has 146 valence electrons.